The molecule has 0 radical (unpaired) electrons. The molecule has 1 saturated carbocycles. The van der Waals surface area contributed by atoms with Crippen molar-refractivity contribution in [3.8, 4) is 5.75 Å². The van der Waals surface area contributed by atoms with E-state index in [-0.39, 0.29) is 5.78 Å². The summed E-state index contributed by atoms with van der Waals surface area (Å²) in [5.74, 6) is 0.346. The largest absolute Gasteiger partial charge is 0.492 e. The second kappa shape index (κ2) is 5.48. The fraction of sp³-hybridized carbons (Fsp3) is 0.571. The lowest BCUT2D eigenvalue weighted by molar-refractivity contribution is 0.0116. The van der Waals surface area contributed by atoms with Gasteiger partial charge in [0.1, 0.15) is 11.4 Å². The zero-order valence-electron chi connectivity index (χ0n) is 10.7. The first-order chi connectivity index (χ1) is 8.65. The summed E-state index contributed by atoms with van der Waals surface area (Å²) < 4.78 is 5.32. The highest BCUT2D eigenvalue weighted by atomic mass is 16.5. The van der Waals surface area contributed by atoms with E-state index in [1.165, 1.54) is 6.20 Å². The molecule has 0 amide bonds. The van der Waals surface area contributed by atoms with Gasteiger partial charge >= 0.3 is 0 Å². The molecule has 0 spiro atoms. The van der Waals surface area contributed by atoms with Crippen LogP contribution >= 0.6 is 0 Å². The van der Waals surface area contributed by atoms with E-state index in [4.69, 9.17) is 4.74 Å². The summed E-state index contributed by atoms with van der Waals surface area (Å²) in [7, 11) is 0. The van der Waals surface area contributed by atoms with Crippen LogP contribution < -0.4 is 4.74 Å². The van der Waals surface area contributed by atoms with Gasteiger partial charge in [0.05, 0.1) is 12.8 Å². The SMILES string of the molecule is CCOc1cncc(C(=O)C2(O)CCCCC2)c1. The number of carbonyl (C=O) groups excluding carboxylic acids is 1. The molecular weight excluding hydrogens is 230 g/mol. The molecule has 1 aromatic rings. The smallest absolute Gasteiger partial charge is 0.196 e. The monoisotopic (exact) mass is 249 g/mol. The maximum atomic E-state index is 12.3. The fourth-order valence-corrected chi connectivity index (χ4v) is 2.42. The van der Waals surface area contributed by atoms with Gasteiger partial charge in [0.25, 0.3) is 0 Å². The minimum absolute atomic E-state index is 0.226. The quantitative estimate of drug-likeness (QED) is 0.832. The van der Waals surface area contributed by atoms with Crippen LogP contribution in [0.5, 0.6) is 5.75 Å². The van der Waals surface area contributed by atoms with Gasteiger partial charge in [0.2, 0.25) is 0 Å². The van der Waals surface area contributed by atoms with Crippen LogP contribution in [0.15, 0.2) is 18.5 Å². The van der Waals surface area contributed by atoms with Gasteiger partial charge in [-0.1, -0.05) is 19.3 Å². The molecule has 2 rings (SSSR count). The Kier molecular flexibility index (Phi) is 3.97. The Bertz CT molecular complexity index is 425. The average molecular weight is 249 g/mol. The molecule has 0 bridgehead atoms. The molecular formula is C14H19NO3. The maximum absolute atomic E-state index is 12.3. The van der Waals surface area contributed by atoms with E-state index in [9.17, 15) is 9.90 Å². The zero-order chi connectivity index (χ0) is 13.0. The first-order valence-electron chi connectivity index (χ1n) is 6.51. The third-order valence-corrected chi connectivity index (χ3v) is 3.39. The molecule has 4 nitrogen and oxygen atoms in total. The second-order valence-corrected chi connectivity index (χ2v) is 4.76. The van der Waals surface area contributed by atoms with Gasteiger partial charge in [-0.05, 0) is 25.8 Å². The van der Waals surface area contributed by atoms with Crippen LogP contribution in [-0.2, 0) is 0 Å². The molecule has 1 heterocycles. The van der Waals surface area contributed by atoms with Crippen molar-refractivity contribution >= 4 is 5.78 Å². The van der Waals surface area contributed by atoms with Gasteiger partial charge < -0.3 is 9.84 Å². The van der Waals surface area contributed by atoms with Gasteiger partial charge in [-0.3, -0.25) is 9.78 Å². The number of pyridine rings is 1. The number of ether oxygens (including phenoxy) is 1. The molecule has 0 unspecified atom stereocenters. The predicted molar refractivity (Wildman–Crippen MR) is 67.8 cm³/mol. The lowest BCUT2D eigenvalue weighted by Gasteiger charge is -2.30. The first-order valence-corrected chi connectivity index (χ1v) is 6.51. The summed E-state index contributed by atoms with van der Waals surface area (Å²) in [5.41, 5.74) is -0.768. The van der Waals surface area contributed by atoms with Gasteiger partial charge in [-0.15, -0.1) is 0 Å². The average Bonchev–Trinajstić information content (AvgIpc) is 2.39. The Hall–Kier alpha value is -1.42. The molecule has 98 valence electrons. The van der Waals surface area contributed by atoms with E-state index in [1.807, 2.05) is 6.92 Å². The number of hydrogen-bond acceptors (Lipinski definition) is 4. The lowest BCUT2D eigenvalue weighted by Crippen LogP contribution is -2.40. The molecule has 1 aliphatic carbocycles. The highest BCUT2D eigenvalue weighted by Crippen LogP contribution is 2.31. The summed E-state index contributed by atoms with van der Waals surface area (Å²) in [6, 6.07) is 1.66. The van der Waals surface area contributed by atoms with Gasteiger partial charge in [-0.2, -0.15) is 0 Å². The minimum atomic E-state index is -1.20. The third kappa shape index (κ3) is 2.70. The molecule has 1 aromatic heterocycles. The number of rotatable bonds is 4. The van der Waals surface area contributed by atoms with Crippen molar-refractivity contribution in [1.29, 1.82) is 0 Å². The van der Waals surface area contributed by atoms with Crippen LogP contribution in [0.1, 0.15) is 49.4 Å². The number of aliphatic hydroxyl groups is 1. The zero-order valence-corrected chi connectivity index (χ0v) is 10.7. The number of aromatic nitrogens is 1. The number of carbonyl (C=O) groups is 1. The Morgan fingerprint density at radius 2 is 2.11 bits per heavy atom. The molecule has 1 N–H and O–H groups in total. The summed E-state index contributed by atoms with van der Waals surface area (Å²) in [5, 5.41) is 10.4. The summed E-state index contributed by atoms with van der Waals surface area (Å²) in [4.78, 5) is 16.3. The Labute approximate surface area is 107 Å². The lowest BCUT2D eigenvalue weighted by atomic mass is 9.80. The fourth-order valence-electron chi connectivity index (χ4n) is 2.42. The first kappa shape index (κ1) is 13.0. The van der Waals surface area contributed by atoms with Crippen molar-refractivity contribution in [1.82, 2.24) is 4.98 Å². The number of Topliss-reactive ketones (excluding diaryl/α,β-unsaturated/α-hetero) is 1. The van der Waals surface area contributed by atoms with E-state index in [0.717, 1.165) is 19.3 Å². The summed E-state index contributed by atoms with van der Waals surface area (Å²) >= 11 is 0. The highest BCUT2D eigenvalue weighted by Gasteiger charge is 2.37. The normalized spacial score (nSPS) is 18.3. The van der Waals surface area contributed by atoms with E-state index in [1.54, 1.807) is 12.3 Å². The van der Waals surface area contributed by atoms with Gasteiger partial charge in [-0.25, -0.2) is 0 Å². The summed E-state index contributed by atoms with van der Waals surface area (Å²) in [6.45, 7) is 2.41. The van der Waals surface area contributed by atoms with E-state index < -0.39 is 5.60 Å². The highest BCUT2D eigenvalue weighted by molar-refractivity contribution is 6.02. The molecule has 0 aliphatic heterocycles. The van der Waals surface area contributed by atoms with Crippen molar-refractivity contribution in [2.75, 3.05) is 6.61 Å². The third-order valence-electron chi connectivity index (χ3n) is 3.39. The van der Waals surface area contributed by atoms with Crippen molar-refractivity contribution in [3.05, 3.63) is 24.0 Å². The van der Waals surface area contributed by atoms with E-state index >= 15 is 0 Å². The van der Waals surface area contributed by atoms with Crippen LogP contribution in [0.2, 0.25) is 0 Å². The number of nitrogens with zero attached hydrogens (tertiary/aromatic N) is 1. The van der Waals surface area contributed by atoms with Crippen molar-refractivity contribution in [2.45, 2.75) is 44.6 Å². The standard InChI is InChI=1S/C14H19NO3/c1-2-18-12-8-11(9-15-10-12)13(16)14(17)6-4-3-5-7-14/h8-10,17H,2-7H2,1H3. The van der Waals surface area contributed by atoms with Crippen LogP contribution in [-0.4, -0.2) is 28.1 Å². The molecule has 1 aliphatic rings. The topological polar surface area (TPSA) is 59.4 Å². The Morgan fingerprint density at radius 3 is 2.78 bits per heavy atom. The summed E-state index contributed by atoms with van der Waals surface area (Å²) in [6.07, 6.45) is 7.06. The van der Waals surface area contributed by atoms with Crippen molar-refractivity contribution in [2.24, 2.45) is 0 Å². The Morgan fingerprint density at radius 1 is 1.39 bits per heavy atom. The van der Waals surface area contributed by atoms with Gasteiger partial charge in [0.15, 0.2) is 5.78 Å². The van der Waals surface area contributed by atoms with Crippen molar-refractivity contribution < 1.29 is 14.6 Å². The molecule has 18 heavy (non-hydrogen) atoms. The maximum Gasteiger partial charge on any atom is 0.196 e. The van der Waals surface area contributed by atoms with Crippen LogP contribution in [0.25, 0.3) is 0 Å². The van der Waals surface area contributed by atoms with Crippen LogP contribution in [0, 0.1) is 0 Å². The molecule has 0 saturated heterocycles. The number of hydrogen-bond donors (Lipinski definition) is 1. The van der Waals surface area contributed by atoms with Crippen LogP contribution in [0.4, 0.5) is 0 Å². The molecule has 0 atom stereocenters. The second-order valence-electron chi connectivity index (χ2n) is 4.76. The molecule has 1 fully saturated rings. The predicted octanol–water partition coefficient (Wildman–Crippen LogP) is 2.36. The van der Waals surface area contributed by atoms with E-state index in [2.05, 4.69) is 4.98 Å². The van der Waals surface area contributed by atoms with E-state index in [0.29, 0.717) is 30.8 Å². The Balaban J connectivity index is 2.19. The molecule has 4 heteroatoms. The van der Waals surface area contributed by atoms with Crippen LogP contribution in [0.3, 0.4) is 0 Å². The minimum Gasteiger partial charge on any atom is -0.492 e. The number of ketones is 1. The van der Waals surface area contributed by atoms with Gasteiger partial charge in [0, 0.05) is 11.8 Å². The van der Waals surface area contributed by atoms with Crippen molar-refractivity contribution in [3.63, 3.8) is 0 Å². The molecule has 0 aromatic carbocycles.